The van der Waals surface area contributed by atoms with Crippen LogP contribution in [-0.2, 0) is 16.0 Å². The molecule has 0 saturated carbocycles. The van der Waals surface area contributed by atoms with E-state index in [1.165, 1.54) is 26.9 Å². The maximum atomic E-state index is 9.55. The molecule has 0 spiro atoms. The molecular weight excluding hydrogens is 174 g/mol. The smallest absolute Gasteiger partial charge is 0.184 e. The van der Waals surface area contributed by atoms with E-state index in [2.05, 4.69) is 10.2 Å². The van der Waals surface area contributed by atoms with Crippen molar-refractivity contribution in [2.75, 3.05) is 14.2 Å². The van der Waals surface area contributed by atoms with Gasteiger partial charge in [-0.05, 0) is 0 Å². The van der Waals surface area contributed by atoms with Crippen LogP contribution in [0.1, 0.15) is 0 Å². The second-order valence-corrected chi connectivity index (χ2v) is 2.57. The highest BCUT2D eigenvalue weighted by Crippen LogP contribution is 2.01. The largest absolute Gasteiger partial charge is 0.386 e. The fourth-order valence-electron chi connectivity index (χ4n) is 1.03. The summed E-state index contributed by atoms with van der Waals surface area (Å²) < 4.78 is 11.4. The molecule has 1 unspecified atom stereocenters. The first kappa shape index (κ1) is 10.1. The van der Waals surface area contributed by atoms with Gasteiger partial charge >= 0.3 is 0 Å². The molecule has 74 valence electrons. The number of nitrogens with zero attached hydrogens (tertiary/aromatic N) is 3. The number of aliphatic hydroxyl groups excluding tert-OH is 1. The van der Waals surface area contributed by atoms with Crippen LogP contribution in [0, 0.1) is 0 Å². The van der Waals surface area contributed by atoms with E-state index in [0.29, 0.717) is 6.54 Å². The van der Waals surface area contributed by atoms with Gasteiger partial charge in [-0.15, -0.1) is 10.2 Å². The van der Waals surface area contributed by atoms with Crippen LogP contribution >= 0.6 is 0 Å². The van der Waals surface area contributed by atoms with Crippen molar-refractivity contribution in [2.24, 2.45) is 0 Å². The molecule has 0 aromatic carbocycles. The molecule has 1 rings (SSSR count). The molecular formula is C7H13N3O3. The van der Waals surface area contributed by atoms with Crippen LogP contribution in [0.2, 0.25) is 0 Å². The average Bonchev–Trinajstić information content (AvgIpc) is 2.59. The predicted molar refractivity (Wildman–Crippen MR) is 43.8 cm³/mol. The van der Waals surface area contributed by atoms with Crippen molar-refractivity contribution in [3.05, 3.63) is 12.7 Å². The van der Waals surface area contributed by atoms with Crippen molar-refractivity contribution < 1.29 is 14.6 Å². The van der Waals surface area contributed by atoms with Crippen LogP contribution in [-0.4, -0.2) is 46.5 Å². The first-order chi connectivity index (χ1) is 6.27. The summed E-state index contributed by atoms with van der Waals surface area (Å²) in [4.78, 5) is 0. The maximum absolute atomic E-state index is 9.55. The fraction of sp³-hybridized carbons (Fsp3) is 0.714. The van der Waals surface area contributed by atoms with Crippen molar-refractivity contribution in [3.63, 3.8) is 0 Å². The van der Waals surface area contributed by atoms with E-state index in [1.54, 1.807) is 4.57 Å². The van der Waals surface area contributed by atoms with Crippen molar-refractivity contribution >= 4 is 0 Å². The molecule has 1 N–H and O–H groups in total. The molecule has 0 amide bonds. The van der Waals surface area contributed by atoms with E-state index in [1.807, 2.05) is 0 Å². The molecule has 1 heterocycles. The Morgan fingerprint density at radius 1 is 1.31 bits per heavy atom. The average molecular weight is 187 g/mol. The minimum atomic E-state index is -0.731. The lowest BCUT2D eigenvalue weighted by Crippen LogP contribution is -2.33. The molecule has 0 aliphatic carbocycles. The first-order valence-electron chi connectivity index (χ1n) is 3.84. The zero-order chi connectivity index (χ0) is 9.68. The maximum Gasteiger partial charge on any atom is 0.184 e. The normalized spacial score (nSPS) is 13.5. The van der Waals surface area contributed by atoms with Gasteiger partial charge in [-0.2, -0.15) is 0 Å². The summed E-state index contributed by atoms with van der Waals surface area (Å²) in [6, 6.07) is 0. The molecule has 0 aliphatic rings. The van der Waals surface area contributed by atoms with E-state index in [0.717, 1.165) is 0 Å². The van der Waals surface area contributed by atoms with Crippen LogP contribution in [0.4, 0.5) is 0 Å². The molecule has 0 radical (unpaired) electrons. The summed E-state index contributed by atoms with van der Waals surface area (Å²) in [5, 5.41) is 16.8. The van der Waals surface area contributed by atoms with Gasteiger partial charge in [-0.3, -0.25) is 0 Å². The third kappa shape index (κ3) is 2.76. The Balaban J connectivity index is 2.44. The molecule has 1 atom stereocenters. The van der Waals surface area contributed by atoms with Crippen LogP contribution in [0.15, 0.2) is 12.7 Å². The number of aliphatic hydroxyl groups is 1. The van der Waals surface area contributed by atoms with Crippen molar-refractivity contribution in [1.29, 1.82) is 0 Å². The van der Waals surface area contributed by atoms with Gasteiger partial charge < -0.3 is 19.1 Å². The second-order valence-electron chi connectivity index (χ2n) is 2.57. The fourth-order valence-corrected chi connectivity index (χ4v) is 1.03. The standard InChI is InChI=1S/C7H13N3O3/c1-12-7(13-2)6(11)3-10-4-8-9-5-10/h4-7,11H,3H2,1-2H3. The molecule has 0 fully saturated rings. The highest BCUT2D eigenvalue weighted by atomic mass is 16.7. The molecule has 6 heteroatoms. The van der Waals surface area contributed by atoms with E-state index in [4.69, 9.17) is 9.47 Å². The van der Waals surface area contributed by atoms with Crippen LogP contribution in [0.5, 0.6) is 0 Å². The molecule has 13 heavy (non-hydrogen) atoms. The van der Waals surface area contributed by atoms with Gasteiger partial charge in [0.1, 0.15) is 18.8 Å². The Morgan fingerprint density at radius 2 is 1.85 bits per heavy atom. The van der Waals surface area contributed by atoms with Gasteiger partial charge in [0.05, 0.1) is 6.54 Å². The second kappa shape index (κ2) is 4.90. The molecule has 6 nitrogen and oxygen atoms in total. The van der Waals surface area contributed by atoms with Crippen LogP contribution in [0.25, 0.3) is 0 Å². The Bertz CT molecular complexity index is 223. The third-order valence-corrected chi connectivity index (χ3v) is 1.64. The third-order valence-electron chi connectivity index (χ3n) is 1.64. The summed E-state index contributed by atoms with van der Waals surface area (Å²) in [5.41, 5.74) is 0. The lowest BCUT2D eigenvalue weighted by molar-refractivity contribution is -0.167. The van der Waals surface area contributed by atoms with E-state index in [-0.39, 0.29) is 0 Å². The predicted octanol–water partition coefficient (Wildman–Crippen LogP) is -0.742. The summed E-state index contributed by atoms with van der Waals surface area (Å²) in [6.07, 6.45) is 1.69. The summed E-state index contributed by atoms with van der Waals surface area (Å²) in [5.74, 6) is 0. The lowest BCUT2D eigenvalue weighted by atomic mass is 10.3. The number of aromatic nitrogens is 3. The number of methoxy groups -OCH3 is 2. The number of hydrogen-bond acceptors (Lipinski definition) is 5. The van der Waals surface area contributed by atoms with Crippen LogP contribution < -0.4 is 0 Å². The number of rotatable bonds is 5. The van der Waals surface area contributed by atoms with Crippen molar-refractivity contribution in [3.8, 4) is 0 Å². The van der Waals surface area contributed by atoms with Crippen molar-refractivity contribution in [2.45, 2.75) is 18.9 Å². The quantitative estimate of drug-likeness (QED) is 0.615. The number of hydrogen-bond donors (Lipinski definition) is 1. The van der Waals surface area contributed by atoms with Gasteiger partial charge in [0.15, 0.2) is 6.29 Å². The van der Waals surface area contributed by atoms with E-state index in [9.17, 15) is 5.11 Å². The minimum Gasteiger partial charge on any atom is -0.386 e. The topological polar surface area (TPSA) is 69.4 Å². The zero-order valence-electron chi connectivity index (χ0n) is 7.62. The van der Waals surface area contributed by atoms with Gasteiger partial charge in [-0.25, -0.2) is 0 Å². The molecule has 0 bridgehead atoms. The highest BCUT2D eigenvalue weighted by Gasteiger charge is 2.17. The highest BCUT2D eigenvalue weighted by molar-refractivity contribution is 4.66. The molecule has 0 saturated heterocycles. The SMILES string of the molecule is COC(OC)C(O)Cn1cnnc1. The monoisotopic (exact) mass is 187 g/mol. The van der Waals surface area contributed by atoms with E-state index < -0.39 is 12.4 Å². The zero-order valence-corrected chi connectivity index (χ0v) is 7.62. The summed E-state index contributed by atoms with van der Waals surface area (Å²) >= 11 is 0. The minimum absolute atomic E-state index is 0.347. The first-order valence-corrected chi connectivity index (χ1v) is 3.84. The van der Waals surface area contributed by atoms with E-state index >= 15 is 0 Å². The summed E-state index contributed by atoms with van der Waals surface area (Å²) in [6.45, 7) is 0.347. The Morgan fingerprint density at radius 3 is 2.31 bits per heavy atom. The Hall–Kier alpha value is -0.980. The van der Waals surface area contributed by atoms with Gasteiger partial charge in [0.2, 0.25) is 0 Å². The van der Waals surface area contributed by atoms with Crippen LogP contribution in [0.3, 0.4) is 0 Å². The van der Waals surface area contributed by atoms with Gasteiger partial charge in [-0.1, -0.05) is 0 Å². The Kier molecular flexibility index (Phi) is 3.81. The Labute approximate surface area is 76.1 Å². The lowest BCUT2D eigenvalue weighted by Gasteiger charge is -2.19. The molecule has 1 aromatic rings. The van der Waals surface area contributed by atoms with Gasteiger partial charge in [0, 0.05) is 14.2 Å². The summed E-state index contributed by atoms with van der Waals surface area (Å²) in [7, 11) is 2.95. The number of ether oxygens (including phenoxy) is 2. The van der Waals surface area contributed by atoms with Gasteiger partial charge in [0.25, 0.3) is 0 Å². The molecule has 1 aromatic heterocycles. The van der Waals surface area contributed by atoms with Crippen molar-refractivity contribution in [1.82, 2.24) is 14.8 Å². The molecule has 0 aliphatic heterocycles.